The first kappa shape index (κ1) is 17.1. The molecule has 0 fully saturated rings. The zero-order valence-electron chi connectivity index (χ0n) is 13.5. The number of rotatable bonds is 5. The van der Waals surface area contributed by atoms with Crippen molar-refractivity contribution in [2.45, 2.75) is 32.3 Å². The van der Waals surface area contributed by atoms with Crippen molar-refractivity contribution < 1.29 is 14.3 Å². The van der Waals surface area contributed by atoms with Crippen LogP contribution in [0, 0.1) is 0 Å². The maximum Gasteiger partial charge on any atom is 0.253 e. The Bertz CT molecular complexity index is 782. The van der Waals surface area contributed by atoms with E-state index in [1.165, 1.54) is 23.3 Å². The fourth-order valence-electron chi connectivity index (χ4n) is 2.80. The maximum atomic E-state index is 13.0. The third kappa shape index (κ3) is 3.24. The second-order valence-corrected chi connectivity index (χ2v) is 7.31. The van der Waals surface area contributed by atoms with E-state index in [1.54, 1.807) is 31.2 Å². The average Bonchev–Trinajstić information content (AvgIpc) is 3.14. The van der Waals surface area contributed by atoms with Crippen LogP contribution in [-0.4, -0.2) is 24.9 Å². The van der Waals surface area contributed by atoms with Crippen molar-refractivity contribution in [1.29, 1.82) is 0 Å². The summed E-state index contributed by atoms with van der Waals surface area (Å²) < 4.78 is 5.05. The predicted molar refractivity (Wildman–Crippen MR) is 96.3 cm³/mol. The number of methoxy groups -OCH3 is 1. The summed E-state index contributed by atoms with van der Waals surface area (Å²) in [4.78, 5) is 26.4. The van der Waals surface area contributed by atoms with Gasteiger partial charge in [0.1, 0.15) is 11.1 Å². The monoisotopic (exact) mass is 363 g/mol. The van der Waals surface area contributed by atoms with Crippen molar-refractivity contribution in [2.75, 3.05) is 12.4 Å². The van der Waals surface area contributed by atoms with Crippen LogP contribution < -0.4 is 5.32 Å². The quantitative estimate of drug-likeness (QED) is 0.814. The highest BCUT2D eigenvalue weighted by molar-refractivity contribution is 7.17. The second-order valence-electron chi connectivity index (χ2n) is 5.76. The van der Waals surface area contributed by atoms with Gasteiger partial charge in [0.15, 0.2) is 5.78 Å². The molecular weight excluding hydrogens is 346 g/mol. The van der Waals surface area contributed by atoms with E-state index in [2.05, 4.69) is 5.32 Å². The van der Waals surface area contributed by atoms with Crippen LogP contribution in [0.15, 0.2) is 24.3 Å². The van der Waals surface area contributed by atoms with Gasteiger partial charge in [-0.05, 0) is 56.0 Å². The summed E-state index contributed by atoms with van der Waals surface area (Å²) in [6, 6.07) is 6.83. The lowest BCUT2D eigenvalue weighted by Gasteiger charge is -2.11. The van der Waals surface area contributed by atoms with Gasteiger partial charge >= 0.3 is 0 Å². The van der Waals surface area contributed by atoms with E-state index in [1.807, 2.05) is 0 Å². The molecule has 2 aromatic rings. The highest BCUT2D eigenvalue weighted by Gasteiger charge is 2.28. The number of anilines is 1. The molecule has 4 nitrogen and oxygen atoms in total. The third-order valence-electron chi connectivity index (χ3n) is 4.21. The number of nitrogens with one attached hydrogen (secondary N) is 1. The van der Waals surface area contributed by atoms with E-state index in [-0.39, 0.29) is 11.7 Å². The molecule has 0 unspecified atom stereocenters. The number of ketones is 1. The van der Waals surface area contributed by atoms with Gasteiger partial charge in [-0.3, -0.25) is 9.59 Å². The van der Waals surface area contributed by atoms with E-state index >= 15 is 0 Å². The highest BCUT2D eigenvalue weighted by atomic mass is 35.5. The zero-order chi connectivity index (χ0) is 17.3. The normalized spacial score (nSPS) is 14.3. The van der Waals surface area contributed by atoms with Gasteiger partial charge in [-0.25, -0.2) is 0 Å². The Hall–Kier alpha value is -1.69. The summed E-state index contributed by atoms with van der Waals surface area (Å²) in [5, 5.41) is 4.07. The summed E-state index contributed by atoms with van der Waals surface area (Å²) in [6.45, 7) is 1.68. The molecule has 1 N–H and O–H groups in total. The number of carbonyl (C=O) groups is 2. The Labute approximate surface area is 149 Å². The topological polar surface area (TPSA) is 55.4 Å². The van der Waals surface area contributed by atoms with Gasteiger partial charge in [-0.15, -0.1) is 11.3 Å². The highest BCUT2D eigenvalue weighted by Crippen LogP contribution is 2.40. The van der Waals surface area contributed by atoms with Crippen LogP contribution in [0.5, 0.6) is 0 Å². The number of fused-ring (bicyclic) bond motifs is 1. The van der Waals surface area contributed by atoms with Crippen LogP contribution in [0.4, 0.5) is 5.00 Å². The van der Waals surface area contributed by atoms with E-state index in [0.29, 0.717) is 21.2 Å². The zero-order valence-corrected chi connectivity index (χ0v) is 15.1. The van der Waals surface area contributed by atoms with Crippen LogP contribution in [-0.2, 0) is 22.4 Å². The van der Waals surface area contributed by atoms with Crippen molar-refractivity contribution in [3.63, 3.8) is 0 Å². The maximum absolute atomic E-state index is 13.0. The summed E-state index contributed by atoms with van der Waals surface area (Å²) in [7, 11) is 1.48. The molecule has 6 heteroatoms. The number of aryl methyl sites for hydroxylation is 1. The van der Waals surface area contributed by atoms with E-state index in [0.717, 1.165) is 24.8 Å². The summed E-state index contributed by atoms with van der Waals surface area (Å²) in [6.07, 6.45) is 2.30. The number of ether oxygens (including phenoxy) is 1. The number of amides is 1. The van der Waals surface area contributed by atoms with E-state index in [4.69, 9.17) is 16.3 Å². The van der Waals surface area contributed by atoms with E-state index in [9.17, 15) is 9.59 Å². The third-order valence-corrected chi connectivity index (χ3v) is 5.67. The van der Waals surface area contributed by atoms with Crippen LogP contribution in [0.2, 0.25) is 5.02 Å². The lowest BCUT2D eigenvalue weighted by atomic mass is 10.0. The fraction of sp³-hybridized carbons (Fsp3) is 0.333. The van der Waals surface area contributed by atoms with Crippen molar-refractivity contribution >= 4 is 39.6 Å². The number of hydrogen-bond acceptors (Lipinski definition) is 4. The Balaban J connectivity index is 1.98. The molecule has 1 atom stereocenters. The van der Waals surface area contributed by atoms with Gasteiger partial charge in [0.2, 0.25) is 0 Å². The smallest absolute Gasteiger partial charge is 0.253 e. The molecule has 0 spiro atoms. The van der Waals surface area contributed by atoms with Crippen molar-refractivity contribution in [3.05, 3.63) is 50.9 Å². The molecule has 1 aliphatic carbocycles. The van der Waals surface area contributed by atoms with Crippen LogP contribution >= 0.6 is 22.9 Å². The number of carbonyl (C=O) groups excluding carboxylic acids is 2. The van der Waals surface area contributed by atoms with Gasteiger partial charge in [0.25, 0.3) is 5.91 Å². The molecule has 1 heterocycles. The lowest BCUT2D eigenvalue weighted by Crippen LogP contribution is -2.27. The Morgan fingerprint density at radius 3 is 2.62 bits per heavy atom. The van der Waals surface area contributed by atoms with Crippen molar-refractivity contribution in [3.8, 4) is 0 Å². The largest absolute Gasteiger partial charge is 0.372 e. The first-order valence-corrected chi connectivity index (χ1v) is 8.99. The van der Waals surface area contributed by atoms with Gasteiger partial charge in [-0.2, -0.15) is 0 Å². The molecule has 1 amide bonds. The molecule has 24 heavy (non-hydrogen) atoms. The molecule has 3 rings (SSSR count). The minimum absolute atomic E-state index is 0.0774. The predicted octanol–water partition coefficient (Wildman–Crippen LogP) is 4.09. The van der Waals surface area contributed by atoms with Crippen LogP contribution in [0.25, 0.3) is 0 Å². The first-order chi connectivity index (χ1) is 11.5. The average molecular weight is 364 g/mol. The molecule has 1 aromatic carbocycles. The Kier molecular flexibility index (Phi) is 5.04. The molecule has 1 aromatic heterocycles. The molecule has 0 bridgehead atoms. The lowest BCUT2D eigenvalue weighted by molar-refractivity contribution is -0.124. The summed E-state index contributed by atoms with van der Waals surface area (Å²) in [5.74, 6) is -0.325. The van der Waals surface area contributed by atoms with Gasteiger partial charge in [-0.1, -0.05) is 11.6 Å². The summed E-state index contributed by atoms with van der Waals surface area (Å²) in [5.41, 5.74) is 2.26. The standard InChI is InChI=1S/C18H18ClNO3S/c1-10(23-2)17(22)20-18-15(13-4-3-5-14(13)24-18)16(21)11-6-8-12(19)9-7-11/h6-10H,3-5H2,1-2H3,(H,20,22)/t10-/m0/s1. The van der Waals surface area contributed by atoms with E-state index < -0.39 is 6.10 Å². The molecule has 0 aliphatic heterocycles. The minimum atomic E-state index is -0.569. The molecular formula is C18H18ClNO3S. The molecule has 1 aliphatic rings. The number of halogens is 1. The number of benzene rings is 1. The van der Waals surface area contributed by atoms with Crippen molar-refractivity contribution in [2.24, 2.45) is 0 Å². The van der Waals surface area contributed by atoms with Gasteiger partial charge < -0.3 is 10.1 Å². The molecule has 0 saturated carbocycles. The second kappa shape index (κ2) is 7.05. The van der Waals surface area contributed by atoms with Crippen LogP contribution in [0.1, 0.15) is 39.7 Å². The molecule has 126 valence electrons. The van der Waals surface area contributed by atoms with Gasteiger partial charge in [0.05, 0.1) is 5.56 Å². The first-order valence-electron chi connectivity index (χ1n) is 7.79. The van der Waals surface area contributed by atoms with Gasteiger partial charge in [0, 0.05) is 22.6 Å². The number of thiophene rings is 1. The number of hydrogen-bond donors (Lipinski definition) is 1. The van der Waals surface area contributed by atoms with Crippen LogP contribution in [0.3, 0.4) is 0 Å². The molecule has 0 radical (unpaired) electrons. The van der Waals surface area contributed by atoms with Crippen molar-refractivity contribution in [1.82, 2.24) is 0 Å². The summed E-state index contributed by atoms with van der Waals surface area (Å²) >= 11 is 7.40. The SMILES string of the molecule is CO[C@@H](C)C(=O)Nc1sc2c(c1C(=O)c1ccc(Cl)cc1)CCC2. The Morgan fingerprint density at radius 2 is 1.96 bits per heavy atom. The fourth-order valence-corrected chi connectivity index (χ4v) is 4.21. The Morgan fingerprint density at radius 1 is 1.25 bits per heavy atom. The molecule has 0 saturated heterocycles. The minimum Gasteiger partial charge on any atom is -0.372 e.